The van der Waals surface area contributed by atoms with Gasteiger partial charge in [0.1, 0.15) is 0 Å². The van der Waals surface area contributed by atoms with Gasteiger partial charge < -0.3 is 15.2 Å². The maximum Gasteiger partial charge on any atom is 0.231 e. The molecule has 0 spiro atoms. The van der Waals surface area contributed by atoms with Gasteiger partial charge in [-0.05, 0) is 28.8 Å². The first-order chi connectivity index (χ1) is 12.1. The van der Waals surface area contributed by atoms with Crippen LogP contribution in [0, 0.1) is 0 Å². The highest BCUT2D eigenvalue weighted by molar-refractivity contribution is 6.01. The van der Waals surface area contributed by atoms with Gasteiger partial charge in [-0.3, -0.25) is 9.59 Å². The normalized spacial score (nSPS) is 13.3. The molecule has 2 heterocycles. The first-order valence-electron chi connectivity index (χ1n) is 8.32. The third-order valence-corrected chi connectivity index (χ3v) is 4.74. The fraction of sp³-hybridized carbons (Fsp3) is 0.200. The lowest BCUT2D eigenvalue weighted by atomic mass is 10.1. The van der Waals surface area contributed by atoms with Crippen molar-refractivity contribution < 1.29 is 9.59 Å². The largest absolute Gasteiger partial charge is 0.361 e. The number of likely N-dealkylation sites (N-methyl/N-ethyl adjacent to an activating group) is 1. The summed E-state index contributed by atoms with van der Waals surface area (Å²) in [5.74, 6) is 0.0916. The van der Waals surface area contributed by atoms with Crippen molar-refractivity contribution in [1.82, 2.24) is 10.3 Å². The number of nitrogens with zero attached hydrogens (tertiary/aromatic N) is 1. The van der Waals surface area contributed by atoms with Crippen LogP contribution >= 0.6 is 0 Å². The van der Waals surface area contributed by atoms with E-state index in [9.17, 15) is 9.59 Å². The number of hydrogen-bond donors (Lipinski definition) is 2. The van der Waals surface area contributed by atoms with Gasteiger partial charge >= 0.3 is 0 Å². The maximum atomic E-state index is 12.3. The van der Waals surface area contributed by atoms with Gasteiger partial charge in [-0.2, -0.15) is 0 Å². The second-order valence-electron chi connectivity index (χ2n) is 6.41. The number of nitrogens with one attached hydrogen (secondary N) is 2. The molecular weight excluding hydrogens is 314 g/mol. The van der Waals surface area contributed by atoms with Crippen LogP contribution in [0.5, 0.6) is 0 Å². The Hall–Kier alpha value is -3.08. The molecule has 0 bridgehead atoms. The monoisotopic (exact) mass is 333 g/mol. The summed E-state index contributed by atoms with van der Waals surface area (Å²) in [6.07, 6.45) is 2.67. The summed E-state index contributed by atoms with van der Waals surface area (Å²) in [6, 6.07) is 13.9. The standard InChI is InChI=1S/C20H19N3O2/c1-23-18-7-6-13(8-14(18)10-20(23)25)11-22-19(24)9-15-12-21-17-5-3-2-4-16(15)17/h2-8,12,21H,9-11H2,1H3,(H,22,24). The molecule has 4 rings (SSSR count). The molecule has 0 saturated carbocycles. The number of aromatic amines is 1. The Bertz CT molecular complexity index is 974. The summed E-state index contributed by atoms with van der Waals surface area (Å²) in [6.45, 7) is 0.465. The van der Waals surface area contributed by atoms with Crippen molar-refractivity contribution in [1.29, 1.82) is 0 Å². The molecule has 0 aliphatic carbocycles. The van der Waals surface area contributed by atoms with Crippen molar-refractivity contribution in [2.24, 2.45) is 0 Å². The van der Waals surface area contributed by atoms with E-state index in [2.05, 4.69) is 10.3 Å². The molecule has 2 aromatic carbocycles. The molecule has 0 atom stereocenters. The maximum absolute atomic E-state index is 12.3. The summed E-state index contributed by atoms with van der Waals surface area (Å²) < 4.78 is 0. The van der Waals surface area contributed by atoms with E-state index >= 15 is 0 Å². The molecule has 1 aliphatic rings. The van der Waals surface area contributed by atoms with E-state index in [4.69, 9.17) is 0 Å². The van der Waals surface area contributed by atoms with Crippen LogP contribution in [-0.2, 0) is 29.0 Å². The average Bonchev–Trinajstić information content (AvgIpc) is 3.14. The number of hydrogen-bond acceptors (Lipinski definition) is 2. The fourth-order valence-corrected chi connectivity index (χ4v) is 3.35. The number of rotatable bonds is 4. The third-order valence-electron chi connectivity index (χ3n) is 4.74. The van der Waals surface area contributed by atoms with E-state index in [0.717, 1.165) is 33.3 Å². The smallest absolute Gasteiger partial charge is 0.231 e. The van der Waals surface area contributed by atoms with Gasteiger partial charge in [0.2, 0.25) is 11.8 Å². The zero-order valence-electron chi connectivity index (χ0n) is 14.0. The Morgan fingerprint density at radius 3 is 2.96 bits per heavy atom. The fourth-order valence-electron chi connectivity index (χ4n) is 3.35. The lowest BCUT2D eigenvalue weighted by Crippen LogP contribution is -2.24. The number of para-hydroxylation sites is 1. The van der Waals surface area contributed by atoms with E-state index in [1.807, 2.05) is 48.7 Å². The van der Waals surface area contributed by atoms with Gasteiger partial charge in [0, 0.05) is 36.4 Å². The highest BCUT2D eigenvalue weighted by Gasteiger charge is 2.23. The Kier molecular flexibility index (Phi) is 3.76. The average molecular weight is 333 g/mol. The molecule has 1 aliphatic heterocycles. The molecule has 3 aromatic rings. The number of amides is 2. The van der Waals surface area contributed by atoms with Gasteiger partial charge in [0.05, 0.1) is 12.8 Å². The molecule has 5 nitrogen and oxygen atoms in total. The van der Waals surface area contributed by atoms with E-state index < -0.39 is 0 Å². The molecule has 0 radical (unpaired) electrons. The molecule has 25 heavy (non-hydrogen) atoms. The van der Waals surface area contributed by atoms with Crippen molar-refractivity contribution in [2.45, 2.75) is 19.4 Å². The Labute approximate surface area is 145 Å². The van der Waals surface area contributed by atoms with Crippen LogP contribution < -0.4 is 10.2 Å². The van der Waals surface area contributed by atoms with Crippen molar-refractivity contribution in [2.75, 3.05) is 11.9 Å². The van der Waals surface area contributed by atoms with Gasteiger partial charge in [-0.15, -0.1) is 0 Å². The van der Waals surface area contributed by atoms with Gasteiger partial charge in [-0.1, -0.05) is 30.3 Å². The molecule has 0 fully saturated rings. The minimum atomic E-state index is -0.0153. The predicted molar refractivity (Wildman–Crippen MR) is 97.4 cm³/mol. The SMILES string of the molecule is CN1C(=O)Cc2cc(CNC(=O)Cc3c[nH]c4ccccc34)ccc21. The van der Waals surface area contributed by atoms with Crippen LogP contribution in [0.25, 0.3) is 10.9 Å². The summed E-state index contributed by atoms with van der Waals surface area (Å²) in [5, 5.41) is 4.04. The second-order valence-corrected chi connectivity index (χ2v) is 6.41. The molecule has 2 N–H and O–H groups in total. The zero-order valence-corrected chi connectivity index (χ0v) is 14.0. The summed E-state index contributed by atoms with van der Waals surface area (Å²) in [5.41, 5.74) is 5.02. The summed E-state index contributed by atoms with van der Waals surface area (Å²) in [7, 11) is 1.79. The Morgan fingerprint density at radius 1 is 1.24 bits per heavy atom. The molecule has 5 heteroatoms. The van der Waals surface area contributed by atoms with Crippen LogP contribution in [0.3, 0.4) is 0 Å². The number of H-pyrrole nitrogens is 1. The molecule has 2 amide bonds. The molecule has 1 aromatic heterocycles. The lowest BCUT2D eigenvalue weighted by Gasteiger charge is -2.11. The molecule has 126 valence electrons. The van der Waals surface area contributed by atoms with Crippen molar-refractivity contribution in [3.05, 3.63) is 65.4 Å². The highest BCUT2D eigenvalue weighted by Crippen LogP contribution is 2.28. The minimum absolute atomic E-state index is 0.0153. The van der Waals surface area contributed by atoms with Crippen molar-refractivity contribution >= 4 is 28.4 Å². The lowest BCUT2D eigenvalue weighted by molar-refractivity contribution is -0.120. The van der Waals surface area contributed by atoms with E-state index in [0.29, 0.717) is 19.4 Å². The van der Waals surface area contributed by atoms with Crippen molar-refractivity contribution in [3.8, 4) is 0 Å². The van der Waals surface area contributed by atoms with Gasteiger partial charge in [-0.25, -0.2) is 0 Å². The highest BCUT2D eigenvalue weighted by atomic mass is 16.2. The number of carbonyl (C=O) groups is 2. The van der Waals surface area contributed by atoms with E-state index in [-0.39, 0.29) is 11.8 Å². The topological polar surface area (TPSA) is 65.2 Å². The number of fused-ring (bicyclic) bond motifs is 2. The van der Waals surface area contributed by atoms with Crippen LogP contribution in [-0.4, -0.2) is 23.8 Å². The van der Waals surface area contributed by atoms with Crippen molar-refractivity contribution in [3.63, 3.8) is 0 Å². The van der Waals surface area contributed by atoms with Crippen LogP contribution in [0.1, 0.15) is 16.7 Å². The van der Waals surface area contributed by atoms with E-state index in [1.165, 1.54) is 0 Å². The number of carbonyl (C=O) groups excluding carboxylic acids is 2. The zero-order chi connectivity index (χ0) is 17.4. The first kappa shape index (κ1) is 15.4. The van der Waals surface area contributed by atoms with Crippen LogP contribution in [0.4, 0.5) is 5.69 Å². The molecule has 0 saturated heterocycles. The quantitative estimate of drug-likeness (QED) is 0.771. The number of aromatic nitrogens is 1. The van der Waals surface area contributed by atoms with Crippen LogP contribution in [0.15, 0.2) is 48.7 Å². The molecule has 0 unspecified atom stereocenters. The number of anilines is 1. The molecular formula is C20H19N3O2. The summed E-state index contributed by atoms with van der Waals surface area (Å²) in [4.78, 5) is 28.9. The predicted octanol–water partition coefficient (Wildman–Crippen LogP) is 2.55. The Balaban J connectivity index is 1.41. The Morgan fingerprint density at radius 2 is 2.08 bits per heavy atom. The third kappa shape index (κ3) is 2.89. The van der Waals surface area contributed by atoms with Crippen LogP contribution in [0.2, 0.25) is 0 Å². The summed E-state index contributed by atoms with van der Waals surface area (Å²) >= 11 is 0. The first-order valence-corrected chi connectivity index (χ1v) is 8.32. The van der Waals surface area contributed by atoms with E-state index in [1.54, 1.807) is 11.9 Å². The minimum Gasteiger partial charge on any atom is -0.361 e. The number of benzene rings is 2. The second kappa shape index (κ2) is 6.09. The van der Waals surface area contributed by atoms with Gasteiger partial charge in [0.15, 0.2) is 0 Å². The van der Waals surface area contributed by atoms with Gasteiger partial charge in [0.25, 0.3) is 0 Å².